The van der Waals surface area contributed by atoms with Crippen LogP contribution in [0.1, 0.15) is 82.9 Å². The Bertz CT molecular complexity index is 1330. The molecule has 2 aromatic carbocycles. The molecule has 0 spiro atoms. The SMILES string of the molecule is CCc1nc(-c2cc(C(=O)N3CCC(c4ccccc4C#N)CC3)c(C)cc2C2CC(F)(F)C2)n[nH]1. The van der Waals surface area contributed by atoms with E-state index in [1.165, 1.54) is 0 Å². The standard InChI is InChI=1S/C28H29F2N5O/c1-3-25-32-26(34-33-25)24-13-22(17(2)12-23(24)20-14-28(29,30)15-20)27(36)35-10-8-18(9-11-35)21-7-5-4-6-19(21)16-31/h4-7,12-13,18,20H,3,8-11,14-15H2,1-2H3,(H,32,33,34). The molecule has 6 nitrogen and oxygen atoms in total. The quantitative estimate of drug-likeness (QED) is 0.495. The fraction of sp³-hybridized carbons (Fsp3) is 0.429. The number of H-pyrrole nitrogens is 1. The number of benzene rings is 2. The number of aryl methyl sites for hydroxylation is 2. The van der Waals surface area contributed by atoms with Gasteiger partial charge in [-0.3, -0.25) is 9.89 Å². The van der Waals surface area contributed by atoms with Crippen LogP contribution in [0, 0.1) is 18.3 Å². The smallest absolute Gasteiger partial charge is 0.254 e. The van der Waals surface area contributed by atoms with Gasteiger partial charge >= 0.3 is 0 Å². The number of nitrogens with one attached hydrogen (secondary N) is 1. The van der Waals surface area contributed by atoms with Gasteiger partial charge in [-0.15, -0.1) is 0 Å². The monoisotopic (exact) mass is 489 g/mol. The average Bonchev–Trinajstić information content (AvgIpc) is 3.36. The van der Waals surface area contributed by atoms with Gasteiger partial charge in [-0.05, 0) is 60.4 Å². The van der Waals surface area contributed by atoms with E-state index < -0.39 is 5.92 Å². The molecule has 5 rings (SSSR count). The van der Waals surface area contributed by atoms with E-state index >= 15 is 0 Å². The maximum absolute atomic E-state index is 13.7. The van der Waals surface area contributed by atoms with Gasteiger partial charge in [0.2, 0.25) is 5.92 Å². The lowest BCUT2D eigenvalue weighted by Gasteiger charge is -2.36. The van der Waals surface area contributed by atoms with Gasteiger partial charge in [0.05, 0.1) is 11.6 Å². The van der Waals surface area contributed by atoms with Gasteiger partial charge in [0.1, 0.15) is 5.82 Å². The van der Waals surface area contributed by atoms with Gasteiger partial charge in [0.15, 0.2) is 5.82 Å². The highest BCUT2D eigenvalue weighted by Crippen LogP contribution is 2.50. The number of nitriles is 1. The molecule has 36 heavy (non-hydrogen) atoms. The molecule has 1 aliphatic carbocycles. The van der Waals surface area contributed by atoms with Gasteiger partial charge < -0.3 is 4.90 Å². The van der Waals surface area contributed by atoms with Crippen molar-refractivity contribution in [2.24, 2.45) is 0 Å². The molecular weight excluding hydrogens is 460 g/mol. The maximum atomic E-state index is 13.7. The topological polar surface area (TPSA) is 85.7 Å². The van der Waals surface area contributed by atoms with Gasteiger partial charge in [-0.2, -0.15) is 10.4 Å². The molecule has 2 aliphatic rings. The summed E-state index contributed by atoms with van der Waals surface area (Å²) in [7, 11) is 0. The summed E-state index contributed by atoms with van der Waals surface area (Å²) >= 11 is 0. The summed E-state index contributed by atoms with van der Waals surface area (Å²) in [5.41, 5.74) is 4.50. The number of nitrogens with zero attached hydrogens (tertiary/aromatic N) is 4. The van der Waals surface area contributed by atoms with E-state index in [0.29, 0.717) is 47.8 Å². The Labute approximate surface area is 209 Å². The Hall–Kier alpha value is -3.60. The van der Waals surface area contributed by atoms with Crippen LogP contribution in [0.25, 0.3) is 11.4 Å². The zero-order valence-electron chi connectivity index (χ0n) is 20.5. The first kappa shape index (κ1) is 24.1. The molecular formula is C28H29F2N5O. The van der Waals surface area contributed by atoms with E-state index in [0.717, 1.165) is 29.5 Å². The van der Waals surface area contributed by atoms with Crippen molar-refractivity contribution >= 4 is 5.91 Å². The molecule has 0 radical (unpaired) electrons. The Morgan fingerprint density at radius 2 is 1.89 bits per heavy atom. The molecule has 186 valence electrons. The number of carbonyl (C=O) groups excluding carboxylic acids is 1. The zero-order valence-corrected chi connectivity index (χ0v) is 20.5. The normalized spacial score (nSPS) is 18.0. The summed E-state index contributed by atoms with van der Waals surface area (Å²) in [6.45, 7) is 5.01. The minimum Gasteiger partial charge on any atom is -0.339 e. The van der Waals surface area contributed by atoms with Gasteiger partial charge in [-0.1, -0.05) is 31.2 Å². The van der Waals surface area contributed by atoms with E-state index in [-0.39, 0.29) is 30.6 Å². The molecule has 8 heteroatoms. The number of halogens is 2. The highest BCUT2D eigenvalue weighted by molar-refractivity contribution is 5.97. The van der Waals surface area contributed by atoms with Crippen molar-refractivity contribution in [2.45, 2.75) is 63.7 Å². The number of hydrogen-bond acceptors (Lipinski definition) is 4. The average molecular weight is 490 g/mol. The largest absolute Gasteiger partial charge is 0.339 e. The van der Waals surface area contributed by atoms with Crippen molar-refractivity contribution in [3.8, 4) is 17.5 Å². The molecule has 2 fully saturated rings. The molecule has 1 aliphatic heterocycles. The van der Waals surface area contributed by atoms with Crippen LogP contribution in [0.5, 0.6) is 0 Å². The fourth-order valence-electron chi connectivity index (χ4n) is 5.47. The molecule has 2 heterocycles. The van der Waals surface area contributed by atoms with Crippen molar-refractivity contribution in [1.82, 2.24) is 20.1 Å². The lowest BCUT2D eigenvalue weighted by atomic mass is 9.74. The first-order valence-corrected chi connectivity index (χ1v) is 12.5. The predicted octanol–water partition coefficient (Wildman–Crippen LogP) is 5.75. The van der Waals surface area contributed by atoms with E-state index in [1.807, 2.05) is 49.1 Å². The molecule has 1 amide bonds. The number of hydrogen-bond donors (Lipinski definition) is 1. The molecule has 0 unspecified atom stereocenters. The molecule has 3 aromatic rings. The van der Waals surface area contributed by atoms with E-state index in [1.54, 1.807) is 6.07 Å². The molecule has 1 saturated heterocycles. The number of amides is 1. The molecule has 1 saturated carbocycles. The summed E-state index contributed by atoms with van der Waals surface area (Å²) < 4.78 is 27.4. The summed E-state index contributed by atoms with van der Waals surface area (Å²) in [4.78, 5) is 20.0. The molecule has 0 bridgehead atoms. The number of piperidine rings is 1. The second kappa shape index (κ2) is 9.45. The van der Waals surface area contributed by atoms with Crippen LogP contribution in [0.4, 0.5) is 8.78 Å². The van der Waals surface area contributed by atoms with E-state index in [9.17, 15) is 18.8 Å². The van der Waals surface area contributed by atoms with Crippen molar-refractivity contribution in [3.05, 3.63) is 70.0 Å². The summed E-state index contributed by atoms with van der Waals surface area (Å²) in [5, 5.41) is 16.7. The second-order valence-electron chi connectivity index (χ2n) is 9.94. The third-order valence-electron chi connectivity index (χ3n) is 7.57. The van der Waals surface area contributed by atoms with Crippen LogP contribution in [0.2, 0.25) is 0 Å². The minimum absolute atomic E-state index is 0.0718. The van der Waals surface area contributed by atoms with E-state index in [4.69, 9.17) is 0 Å². The highest BCUT2D eigenvalue weighted by Gasteiger charge is 2.47. The molecule has 1 N–H and O–H groups in total. The molecule has 1 aromatic heterocycles. The number of aromatic nitrogens is 3. The zero-order chi connectivity index (χ0) is 25.4. The number of alkyl halides is 2. The lowest BCUT2D eigenvalue weighted by Crippen LogP contribution is -2.38. The van der Waals surface area contributed by atoms with Crippen LogP contribution in [0.3, 0.4) is 0 Å². The Balaban J connectivity index is 1.40. The Kier molecular flexibility index (Phi) is 6.33. The van der Waals surface area contributed by atoms with Crippen molar-refractivity contribution in [3.63, 3.8) is 0 Å². The van der Waals surface area contributed by atoms with Crippen LogP contribution >= 0.6 is 0 Å². The Morgan fingerprint density at radius 3 is 2.53 bits per heavy atom. The summed E-state index contributed by atoms with van der Waals surface area (Å²) in [5.74, 6) is -1.60. The predicted molar refractivity (Wildman–Crippen MR) is 132 cm³/mol. The van der Waals surface area contributed by atoms with Crippen LogP contribution < -0.4 is 0 Å². The number of likely N-dealkylation sites (tertiary alicyclic amines) is 1. The summed E-state index contributed by atoms with van der Waals surface area (Å²) in [6.07, 6.45) is 1.84. The Morgan fingerprint density at radius 1 is 1.17 bits per heavy atom. The lowest BCUT2D eigenvalue weighted by molar-refractivity contribution is -0.0866. The number of rotatable bonds is 5. The van der Waals surface area contributed by atoms with Crippen LogP contribution in [-0.4, -0.2) is 45.0 Å². The number of carbonyl (C=O) groups is 1. The fourth-order valence-corrected chi connectivity index (χ4v) is 5.47. The maximum Gasteiger partial charge on any atom is 0.254 e. The number of aromatic amines is 1. The first-order valence-electron chi connectivity index (χ1n) is 12.5. The van der Waals surface area contributed by atoms with Crippen molar-refractivity contribution in [1.29, 1.82) is 5.26 Å². The third-order valence-corrected chi connectivity index (χ3v) is 7.57. The second-order valence-corrected chi connectivity index (χ2v) is 9.94. The van der Waals surface area contributed by atoms with Crippen molar-refractivity contribution in [2.75, 3.05) is 13.1 Å². The van der Waals surface area contributed by atoms with Crippen molar-refractivity contribution < 1.29 is 13.6 Å². The van der Waals surface area contributed by atoms with Crippen LogP contribution in [-0.2, 0) is 6.42 Å². The third kappa shape index (κ3) is 4.50. The van der Waals surface area contributed by atoms with Crippen LogP contribution in [0.15, 0.2) is 36.4 Å². The van der Waals surface area contributed by atoms with Gasteiger partial charge in [0, 0.05) is 43.5 Å². The summed E-state index contributed by atoms with van der Waals surface area (Å²) in [6, 6.07) is 13.6. The van der Waals surface area contributed by atoms with E-state index in [2.05, 4.69) is 21.3 Å². The van der Waals surface area contributed by atoms with Gasteiger partial charge in [-0.25, -0.2) is 13.8 Å². The first-order chi connectivity index (χ1) is 17.3. The van der Waals surface area contributed by atoms with Gasteiger partial charge in [0.25, 0.3) is 5.91 Å². The minimum atomic E-state index is -2.65. The highest BCUT2D eigenvalue weighted by atomic mass is 19.3. The molecule has 0 atom stereocenters.